The van der Waals surface area contributed by atoms with E-state index in [4.69, 9.17) is 4.74 Å². The van der Waals surface area contributed by atoms with E-state index < -0.39 is 10.0 Å². The van der Waals surface area contributed by atoms with Gasteiger partial charge in [-0.25, -0.2) is 12.7 Å². The SMILES string of the molecule is CCn1c(C(=O)NC[C@H]2CCCO2)cc2cc(S(=O)(=O)N(C)C)ccc21. The summed E-state index contributed by atoms with van der Waals surface area (Å²) in [4.78, 5) is 12.8. The van der Waals surface area contributed by atoms with Gasteiger partial charge in [-0.05, 0) is 44.0 Å². The minimum atomic E-state index is -3.51. The molecule has 3 rings (SSSR count). The Morgan fingerprint density at radius 1 is 1.35 bits per heavy atom. The summed E-state index contributed by atoms with van der Waals surface area (Å²) in [5, 5.41) is 3.66. The second-order valence-corrected chi connectivity index (χ2v) is 8.78. The molecular formula is C18H25N3O4S. The Morgan fingerprint density at radius 3 is 2.73 bits per heavy atom. The molecule has 2 aromatic rings. The predicted molar refractivity (Wildman–Crippen MR) is 99.8 cm³/mol. The van der Waals surface area contributed by atoms with Crippen molar-refractivity contribution in [2.75, 3.05) is 27.2 Å². The molecule has 1 atom stereocenters. The number of aromatic nitrogens is 1. The highest BCUT2D eigenvalue weighted by Crippen LogP contribution is 2.25. The number of benzene rings is 1. The fourth-order valence-corrected chi connectivity index (χ4v) is 4.19. The molecule has 26 heavy (non-hydrogen) atoms. The molecule has 7 nitrogen and oxygen atoms in total. The molecule has 8 heteroatoms. The molecule has 1 saturated heterocycles. The number of nitrogens with zero attached hydrogens (tertiary/aromatic N) is 2. The maximum atomic E-state index is 12.6. The Balaban J connectivity index is 1.91. The first-order valence-corrected chi connectivity index (χ1v) is 10.2. The van der Waals surface area contributed by atoms with Crippen LogP contribution in [-0.4, -0.2) is 56.5 Å². The zero-order chi connectivity index (χ0) is 18.9. The normalized spacial score (nSPS) is 17.9. The van der Waals surface area contributed by atoms with Gasteiger partial charge in [0.25, 0.3) is 5.91 Å². The van der Waals surface area contributed by atoms with E-state index in [1.54, 1.807) is 24.3 Å². The predicted octanol–water partition coefficient (Wildman–Crippen LogP) is 1.82. The lowest BCUT2D eigenvalue weighted by atomic mass is 10.2. The molecule has 2 heterocycles. The number of aryl methyl sites for hydroxylation is 1. The van der Waals surface area contributed by atoms with Crippen LogP contribution in [-0.2, 0) is 21.3 Å². The summed E-state index contributed by atoms with van der Waals surface area (Å²) < 4.78 is 33.3. The van der Waals surface area contributed by atoms with Gasteiger partial charge in [0.15, 0.2) is 0 Å². The first-order chi connectivity index (χ1) is 12.3. The molecule has 142 valence electrons. The molecule has 0 saturated carbocycles. The van der Waals surface area contributed by atoms with E-state index in [-0.39, 0.29) is 16.9 Å². The van der Waals surface area contributed by atoms with Crippen LogP contribution in [0.4, 0.5) is 0 Å². The number of ether oxygens (including phenoxy) is 1. The van der Waals surface area contributed by atoms with Crippen LogP contribution in [0.2, 0.25) is 0 Å². The maximum Gasteiger partial charge on any atom is 0.268 e. The molecular weight excluding hydrogens is 354 g/mol. The zero-order valence-electron chi connectivity index (χ0n) is 15.4. The molecule has 1 aromatic carbocycles. The Bertz CT molecular complexity index is 912. The average Bonchev–Trinajstić information content (AvgIpc) is 3.25. The lowest BCUT2D eigenvalue weighted by molar-refractivity contribution is 0.0850. The third-order valence-corrected chi connectivity index (χ3v) is 6.53. The van der Waals surface area contributed by atoms with Crippen LogP contribution in [0.25, 0.3) is 10.9 Å². The number of amides is 1. The van der Waals surface area contributed by atoms with Crippen LogP contribution in [0.15, 0.2) is 29.2 Å². The van der Waals surface area contributed by atoms with Crippen LogP contribution in [0.5, 0.6) is 0 Å². The number of carbonyl (C=O) groups excluding carboxylic acids is 1. The Kier molecular flexibility index (Phi) is 5.36. The van der Waals surface area contributed by atoms with E-state index >= 15 is 0 Å². The lowest BCUT2D eigenvalue weighted by Crippen LogP contribution is -2.32. The Morgan fingerprint density at radius 2 is 2.12 bits per heavy atom. The fraction of sp³-hybridized carbons (Fsp3) is 0.500. The lowest BCUT2D eigenvalue weighted by Gasteiger charge is -2.12. The van der Waals surface area contributed by atoms with E-state index in [9.17, 15) is 13.2 Å². The molecule has 1 aromatic heterocycles. The third-order valence-electron chi connectivity index (χ3n) is 4.71. The minimum absolute atomic E-state index is 0.0789. The first kappa shape index (κ1) is 18.9. The van der Waals surface area contributed by atoms with Crippen molar-refractivity contribution in [3.8, 4) is 0 Å². The van der Waals surface area contributed by atoms with Crippen molar-refractivity contribution in [1.29, 1.82) is 0 Å². The molecule has 1 aliphatic rings. The highest BCUT2D eigenvalue weighted by atomic mass is 32.2. The molecule has 0 aliphatic carbocycles. The minimum Gasteiger partial charge on any atom is -0.376 e. The van der Waals surface area contributed by atoms with E-state index in [0.717, 1.165) is 30.4 Å². The number of sulfonamides is 1. The van der Waals surface area contributed by atoms with Crippen molar-refractivity contribution in [3.05, 3.63) is 30.0 Å². The number of nitrogens with one attached hydrogen (secondary N) is 1. The van der Waals surface area contributed by atoms with Crippen LogP contribution >= 0.6 is 0 Å². The van der Waals surface area contributed by atoms with E-state index in [1.807, 2.05) is 11.5 Å². The highest BCUT2D eigenvalue weighted by molar-refractivity contribution is 7.89. The van der Waals surface area contributed by atoms with Crippen molar-refractivity contribution in [2.45, 2.75) is 37.3 Å². The van der Waals surface area contributed by atoms with Gasteiger partial charge in [-0.1, -0.05) is 0 Å². The van der Waals surface area contributed by atoms with Crippen LogP contribution in [0.1, 0.15) is 30.3 Å². The number of fused-ring (bicyclic) bond motifs is 1. The summed E-state index contributed by atoms with van der Waals surface area (Å²) in [6.07, 6.45) is 2.07. The van der Waals surface area contributed by atoms with Gasteiger partial charge in [-0.3, -0.25) is 4.79 Å². The van der Waals surface area contributed by atoms with Crippen molar-refractivity contribution < 1.29 is 17.9 Å². The Hall–Kier alpha value is -1.90. The summed E-state index contributed by atoms with van der Waals surface area (Å²) in [5.74, 6) is -0.171. The number of hydrogen-bond acceptors (Lipinski definition) is 4. The third kappa shape index (κ3) is 3.49. The summed E-state index contributed by atoms with van der Waals surface area (Å²) >= 11 is 0. The summed E-state index contributed by atoms with van der Waals surface area (Å²) in [7, 11) is -0.512. The van der Waals surface area contributed by atoms with Gasteiger partial charge in [0.1, 0.15) is 5.69 Å². The summed E-state index contributed by atoms with van der Waals surface area (Å²) in [6, 6.07) is 6.70. The average molecular weight is 379 g/mol. The molecule has 1 amide bonds. The molecule has 1 aliphatic heterocycles. The molecule has 1 N–H and O–H groups in total. The summed E-state index contributed by atoms with van der Waals surface area (Å²) in [6.45, 7) is 3.82. The maximum absolute atomic E-state index is 12.6. The fourth-order valence-electron chi connectivity index (χ4n) is 3.25. The first-order valence-electron chi connectivity index (χ1n) is 8.80. The smallest absolute Gasteiger partial charge is 0.268 e. The molecule has 0 spiro atoms. The number of carbonyl (C=O) groups is 1. The second kappa shape index (κ2) is 7.38. The van der Waals surface area contributed by atoms with E-state index in [0.29, 0.717) is 18.8 Å². The van der Waals surface area contributed by atoms with Crippen molar-refractivity contribution in [3.63, 3.8) is 0 Å². The van der Waals surface area contributed by atoms with Gasteiger partial charge in [-0.15, -0.1) is 0 Å². The molecule has 0 bridgehead atoms. The summed E-state index contributed by atoms with van der Waals surface area (Å²) in [5.41, 5.74) is 1.37. The van der Waals surface area contributed by atoms with Gasteiger partial charge in [-0.2, -0.15) is 0 Å². The topological polar surface area (TPSA) is 80.6 Å². The number of rotatable bonds is 6. The monoisotopic (exact) mass is 379 g/mol. The van der Waals surface area contributed by atoms with Gasteiger partial charge in [0.05, 0.1) is 11.0 Å². The quantitative estimate of drug-likeness (QED) is 0.830. The molecule has 1 fully saturated rings. The number of hydrogen-bond donors (Lipinski definition) is 1. The second-order valence-electron chi connectivity index (χ2n) is 6.63. The zero-order valence-corrected chi connectivity index (χ0v) is 16.2. The largest absolute Gasteiger partial charge is 0.376 e. The van der Waals surface area contributed by atoms with E-state index in [2.05, 4.69) is 5.32 Å². The standard InChI is InChI=1S/C18H25N3O4S/c1-4-21-16-8-7-15(26(23,24)20(2)3)10-13(16)11-17(21)18(22)19-12-14-6-5-9-25-14/h7-8,10-11,14H,4-6,9,12H2,1-3H3,(H,19,22)/t14-/m1/s1. The van der Waals surface area contributed by atoms with Crippen molar-refractivity contribution in [1.82, 2.24) is 14.2 Å². The van der Waals surface area contributed by atoms with Gasteiger partial charge < -0.3 is 14.6 Å². The van der Waals surface area contributed by atoms with Crippen LogP contribution in [0.3, 0.4) is 0 Å². The Labute approximate surface area is 154 Å². The van der Waals surface area contributed by atoms with Gasteiger partial charge in [0, 0.05) is 44.7 Å². The highest BCUT2D eigenvalue weighted by Gasteiger charge is 2.21. The van der Waals surface area contributed by atoms with E-state index in [1.165, 1.54) is 18.4 Å². The molecule has 0 unspecified atom stereocenters. The van der Waals surface area contributed by atoms with Crippen molar-refractivity contribution >= 4 is 26.8 Å². The van der Waals surface area contributed by atoms with Crippen LogP contribution in [0, 0.1) is 0 Å². The van der Waals surface area contributed by atoms with Gasteiger partial charge >= 0.3 is 0 Å². The van der Waals surface area contributed by atoms with Crippen molar-refractivity contribution in [2.24, 2.45) is 0 Å². The van der Waals surface area contributed by atoms with Gasteiger partial charge in [0.2, 0.25) is 10.0 Å². The van der Waals surface area contributed by atoms with Crippen LogP contribution < -0.4 is 5.32 Å². The molecule has 0 radical (unpaired) electrons.